The molecule has 0 aliphatic carbocycles. The van der Waals surface area contributed by atoms with E-state index in [0.717, 1.165) is 0 Å². The Bertz CT molecular complexity index is 870. The van der Waals surface area contributed by atoms with Crippen molar-refractivity contribution in [1.29, 1.82) is 0 Å². The molecule has 0 spiro atoms. The molecule has 0 fully saturated rings. The van der Waals surface area contributed by atoms with Gasteiger partial charge in [-0.1, -0.05) is 24.3 Å². The standard InChI is InChI=1S/C19H25FN4O4S/c1-22(12-6-11-21-19(25)26)13-14-23-17-9-4-5-10-18(17)24(29(23,27)28)16-8-3-2-7-15(16)20/h2-5,7-10,21,27-28H,6,11-14H2,1H3,(H,25,26). The van der Waals surface area contributed by atoms with Crippen LogP contribution in [-0.4, -0.2) is 58.4 Å². The van der Waals surface area contributed by atoms with Crippen LogP contribution in [0.15, 0.2) is 48.5 Å². The Morgan fingerprint density at radius 1 is 1.07 bits per heavy atom. The van der Waals surface area contributed by atoms with E-state index in [-0.39, 0.29) is 5.69 Å². The van der Waals surface area contributed by atoms with E-state index < -0.39 is 22.9 Å². The first kappa shape index (κ1) is 21.2. The number of carbonyl (C=O) groups is 1. The van der Waals surface area contributed by atoms with Gasteiger partial charge >= 0.3 is 6.09 Å². The number of carboxylic acid groups (broad SMARTS) is 1. The number of anilines is 3. The number of amides is 1. The van der Waals surface area contributed by atoms with E-state index in [1.165, 1.54) is 20.7 Å². The van der Waals surface area contributed by atoms with E-state index in [4.69, 9.17) is 5.11 Å². The number of para-hydroxylation sites is 3. The summed E-state index contributed by atoms with van der Waals surface area (Å²) in [5.74, 6) is -0.535. The minimum Gasteiger partial charge on any atom is -0.465 e. The maximum Gasteiger partial charge on any atom is 0.404 e. The molecule has 0 saturated carbocycles. The summed E-state index contributed by atoms with van der Waals surface area (Å²) >= 11 is 0. The number of rotatable bonds is 8. The highest BCUT2D eigenvalue weighted by Crippen LogP contribution is 2.64. The second-order valence-corrected chi connectivity index (χ2v) is 8.50. The fraction of sp³-hybridized carbons (Fsp3) is 0.316. The fourth-order valence-electron chi connectivity index (χ4n) is 3.25. The molecule has 4 N–H and O–H groups in total. The first-order valence-corrected chi connectivity index (χ1v) is 10.6. The van der Waals surface area contributed by atoms with Crippen molar-refractivity contribution in [2.75, 3.05) is 41.8 Å². The van der Waals surface area contributed by atoms with Crippen molar-refractivity contribution in [3.8, 4) is 0 Å². The molecule has 8 nitrogen and oxygen atoms in total. The molecule has 158 valence electrons. The summed E-state index contributed by atoms with van der Waals surface area (Å²) in [7, 11) is -1.61. The van der Waals surface area contributed by atoms with Gasteiger partial charge in [0.2, 0.25) is 0 Å². The molecule has 29 heavy (non-hydrogen) atoms. The lowest BCUT2D eigenvalue weighted by Crippen LogP contribution is -2.37. The van der Waals surface area contributed by atoms with Crippen LogP contribution in [0, 0.1) is 5.82 Å². The van der Waals surface area contributed by atoms with Gasteiger partial charge in [0.15, 0.2) is 0 Å². The zero-order valence-electron chi connectivity index (χ0n) is 16.0. The summed E-state index contributed by atoms with van der Waals surface area (Å²) in [4.78, 5) is 12.5. The molecular formula is C19H25FN4O4S. The van der Waals surface area contributed by atoms with Crippen LogP contribution in [0.1, 0.15) is 6.42 Å². The first-order chi connectivity index (χ1) is 13.8. The molecule has 0 unspecified atom stereocenters. The summed E-state index contributed by atoms with van der Waals surface area (Å²) in [6.07, 6.45) is -0.416. The van der Waals surface area contributed by atoms with Gasteiger partial charge in [0, 0.05) is 13.1 Å². The second-order valence-electron chi connectivity index (χ2n) is 6.72. The number of fused-ring (bicyclic) bond motifs is 1. The molecule has 0 bridgehead atoms. The monoisotopic (exact) mass is 424 g/mol. The van der Waals surface area contributed by atoms with Crippen molar-refractivity contribution in [3.63, 3.8) is 0 Å². The number of halogens is 1. The highest BCUT2D eigenvalue weighted by atomic mass is 32.3. The molecule has 0 aromatic heterocycles. The van der Waals surface area contributed by atoms with Crippen LogP contribution >= 0.6 is 11.0 Å². The Balaban J connectivity index is 1.74. The maximum absolute atomic E-state index is 14.4. The smallest absolute Gasteiger partial charge is 0.404 e. The Morgan fingerprint density at radius 2 is 1.69 bits per heavy atom. The average Bonchev–Trinajstić information content (AvgIpc) is 2.90. The molecule has 0 saturated heterocycles. The molecule has 1 amide bonds. The number of nitrogens with one attached hydrogen (secondary N) is 1. The number of nitrogens with zero attached hydrogens (tertiary/aromatic N) is 3. The topological polar surface area (TPSA) is 99.5 Å². The molecule has 1 aliphatic rings. The van der Waals surface area contributed by atoms with E-state index >= 15 is 0 Å². The SMILES string of the molecule is CN(CCCNC(=O)O)CCN1c2ccccc2N(c2ccccc2F)S1(O)O. The van der Waals surface area contributed by atoms with Crippen molar-refractivity contribution < 1.29 is 23.4 Å². The number of hydrogen-bond acceptors (Lipinski definition) is 6. The highest BCUT2D eigenvalue weighted by Gasteiger charge is 2.42. The minimum absolute atomic E-state index is 0.107. The van der Waals surface area contributed by atoms with Crippen LogP contribution in [0.4, 0.5) is 26.2 Å². The lowest BCUT2D eigenvalue weighted by atomic mass is 10.2. The molecular weight excluding hydrogens is 399 g/mol. The number of hydrogen-bond donors (Lipinski definition) is 4. The van der Waals surface area contributed by atoms with Gasteiger partial charge < -0.3 is 15.3 Å². The largest absolute Gasteiger partial charge is 0.465 e. The minimum atomic E-state index is -3.48. The molecule has 1 heterocycles. The maximum atomic E-state index is 14.4. The lowest BCUT2D eigenvalue weighted by Gasteiger charge is -2.44. The van der Waals surface area contributed by atoms with Crippen LogP contribution in [0.3, 0.4) is 0 Å². The number of likely N-dealkylation sites (N-methyl/N-ethyl adjacent to an activating group) is 1. The predicted octanol–water partition coefficient (Wildman–Crippen LogP) is 3.95. The van der Waals surface area contributed by atoms with Gasteiger partial charge in [0.05, 0.1) is 17.9 Å². The van der Waals surface area contributed by atoms with Crippen molar-refractivity contribution in [2.45, 2.75) is 6.42 Å². The van der Waals surface area contributed by atoms with Crippen LogP contribution < -0.4 is 13.9 Å². The fourth-order valence-corrected chi connectivity index (χ4v) is 5.02. The molecule has 10 heteroatoms. The van der Waals surface area contributed by atoms with Gasteiger partial charge in [-0.05, 0) is 55.2 Å². The van der Waals surface area contributed by atoms with Crippen molar-refractivity contribution >= 4 is 34.1 Å². The van der Waals surface area contributed by atoms with Gasteiger partial charge in [0.25, 0.3) is 0 Å². The van der Waals surface area contributed by atoms with E-state index in [1.54, 1.807) is 36.4 Å². The van der Waals surface area contributed by atoms with Crippen molar-refractivity contribution in [2.24, 2.45) is 0 Å². The highest BCUT2D eigenvalue weighted by molar-refractivity contribution is 8.27. The van der Waals surface area contributed by atoms with E-state index in [9.17, 15) is 18.3 Å². The normalized spacial score (nSPS) is 16.0. The van der Waals surface area contributed by atoms with Crippen molar-refractivity contribution in [3.05, 3.63) is 54.3 Å². The van der Waals surface area contributed by atoms with Crippen molar-refractivity contribution in [1.82, 2.24) is 10.2 Å². The second kappa shape index (κ2) is 8.87. The van der Waals surface area contributed by atoms with Gasteiger partial charge in [-0.2, -0.15) is 0 Å². The summed E-state index contributed by atoms with van der Waals surface area (Å²) < 4.78 is 39.2. The Kier molecular flexibility index (Phi) is 6.48. The summed E-state index contributed by atoms with van der Waals surface area (Å²) in [6.45, 7) is 1.82. The Morgan fingerprint density at radius 3 is 2.34 bits per heavy atom. The third kappa shape index (κ3) is 4.56. The van der Waals surface area contributed by atoms with E-state index in [0.29, 0.717) is 44.0 Å². The van der Waals surface area contributed by atoms with Crippen LogP contribution in [0.2, 0.25) is 0 Å². The zero-order valence-corrected chi connectivity index (χ0v) is 16.8. The van der Waals surface area contributed by atoms with Gasteiger partial charge in [-0.15, -0.1) is 0 Å². The molecule has 2 aromatic rings. The van der Waals surface area contributed by atoms with E-state index in [2.05, 4.69) is 5.32 Å². The Labute approximate surface area is 170 Å². The summed E-state index contributed by atoms with van der Waals surface area (Å²) in [5.41, 5.74) is 1.26. The zero-order chi connectivity index (χ0) is 21.0. The lowest BCUT2D eigenvalue weighted by molar-refractivity contribution is 0.193. The van der Waals surface area contributed by atoms with Gasteiger partial charge in [0.1, 0.15) is 11.5 Å². The third-order valence-corrected chi connectivity index (χ3v) is 6.51. The number of benzene rings is 2. The molecule has 2 aromatic carbocycles. The third-order valence-electron chi connectivity index (χ3n) is 4.66. The van der Waals surface area contributed by atoms with E-state index in [1.807, 2.05) is 11.9 Å². The van der Waals surface area contributed by atoms with Gasteiger partial charge in [-0.3, -0.25) is 13.4 Å². The molecule has 0 radical (unpaired) electrons. The predicted molar refractivity (Wildman–Crippen MR) is 113 cm³/mol. The van der Waals surface area contributed by atoms with Crippen LogP contribution in [0.25, 0.3) is 0 Å². The molecule has 1 aliphatic heterocycles. The van der Waals surface area contributed by atoms with Gasteiger partial charge in [-0.25, -0.2) is 13.5 Å². The quantitative estimate of drug-likeness (QED) is 0.476. The van der Waals surface area contributed by atoms with Crippen LogP contribution in [0.5, 0.6) is 0 Å². The first-order valence-electron chi connectivity index (χ1n) is 9.17. The van der Waals surface area contributed by atoms with Crippen LogP contribution in [-0.2, 0) is 0 Å². The summed E-state index contributed by atoms with van der Waals surface area (Å²) in [5, 5.41) is 10.9. The molecule has 3 rings (SSSR count). The molecule has 0 atom stereocenters. The average molecular weight is 424 g/mol. The summed E-state index contributed by atoms with van der Waals surface area (Å²) in [6, 6.07) is 13.1. The Hall–Kier alpha value is -2.53.